The number of rotatable bonds is 1. The number of benzene rings is 2. The highest BCUT2D eigenvalue weighted by Gasteiger charge is 1.96. The Labute approximate surface area is 99.6 Å². The Hall–Kier alpha value is -1.72. The average molecular weight is 252 g/mol. The zero-order valence-corrected chi connectivity index (χ0v) is 10.0. The molecule has 0 aliphatic carbocycles. The lowest BCUT2D eigenvalue weighted by atomic mass is 10.1. The summed E-state index contributed by atoms with van der Waals surface area (Å²) in [6.07, 6.45) is 1.61. The van der Waals surface area contributed by atoms with Crippen LogP contribution in [-0.2, 0) is 10.1 Å². The molecule has 0 atom stereocenters. The van der Waals surface area contributed by atoms with E-state index in [1.807, 2.05) is 42.5 Å². The standard InChI is InChI=1S/C11H8O.CH4O3S/c12-8-10-6-3-5-9-4-1-2-7-11(9)10;1-5(2,3)4/h1-8H;1H3,(H,2,3,4). The molecule has 2 rings (SSSR count). The predicted molar refractivity (Wildman–Crippen MR) is 66.8 cm³/mol. The van der Waals surface area contributed by atoms with Crippen molar-refractivity contribution < 1.29 is 17.8 Å². The Morgan fingerprint density at radius 2 is 1.59 bits per heavy atom. The summed E-state index contributed by atoms with van der Waals surface area (Å²) in [6, 6.07) is 13.6. The summed E-state index contributed by atoms with van der Waals surface area (Å²) in [4.78, 5) is 10.6. The van der Waals surface area contributed by atoms with E-state index in [9.17, 15) is 13.2 Å². The Morgan fingerprint density at radius 3 is 2.18 bits per heavy atom. The Balaban J connectivity index is 0.000000249. The van der Waals surface area contributed by atoms with E-state index in [4.69, 9.17) is 4.55 Å². The molecule has 2 aromatic carbocycles. The van der Waals surface area contributed by atoms with Crippen LogP contribution in [0.1, 0.15) is 10.4 Å². The van der Waals surface area contributed by atoms with Gasteiger partial charge >= 0.3 is 0 Å². The number of carbonyl (C=O) groups is 1. The zero-order valence-electron chi connectivity index (χ0n) is 9.20. The largest absolute Gasteiger partial charge is 0.298 e. The van der Waals surface area contributed by atoms with Crippen LogP contribution < -0.4 is 0 Å². The first kappa shape index (κ1) is 13.3. The highest BCUT2D eigenvalue weighted by Crippen LogP contribution is 2.16. The molecule has 0 radical (unpaired) electrons. The van der Waals surface area contributed by atoms with Gasteiger partial charge in [-0.2, -0.15) is 8.42 Å². The Bertz CT molecular complexity index is 604. The third-order valence-electron chi connectivity index (χ3n) is 1.95. The van der Waals surface area contributed by atoms with Crippen molar-refractivity contribution >= 4 is 27.2 Å². The van der Waals surface area contributed by atoms with E-state index in [0.717, 1.165) is 22.6 Å². The van der Waals surface area contributed by atoms with Crippen molar-refractivity contribution in [3.05, 3.63) is 48.0 Å². The van der Waals surface area contributed by atoms with Crippen molar-refractivity contribution in [1.82, 2.24) is 0 Å². The average Bonchev–Trinajstić information content (AvgIpc) is 2.26. The Kier molecular flexibility index (Phi) is 4.37. The fourth-order valence-corrected chi connectivity index (χ4v) is 1.35. The predicted octanol–water partition coefficient (Wildman–Crippen LogP) is 2.16. The molecule has 5 heteroatoms. The quantitative estimate of drug-likeness (QED) is 0.623. The maximum atomic E-state index is 10.6. The third kappa shape index (κ3) is 4.76. The summed E-state index contributed by atoms with van der Waals surface area (Å²) in [7, 11) is -3.67. The van der Waals surface area contributed by atoms with Crippen molar-refractivity contribution in [1.29, 1.82) is 0 Å². The van der Waals surface area contributed by atoms with Crippen LogP contribution in [-0.4, -0.2) is 25.5 Å². The van der Waals surface area contributed by atoms with E-state index in [0.29, 0.717) is 6.26 Å². The van der Waals surface area contributed by atoms with Crippen LogP contribution in [0, 0.1) is 0 Å². The van der Waals surface area contributed by atoms with Crippen molar-refractivity contribution in [3.8, 4) is 0 Å². The first-order valence-electron chi connectivity index (χ1n) is 4.77. The molecule has 0 saturated heterocycles. The van der Waals surface area contributed by atoms with Gasteiger partial charge in [-0.05, 0) is 10.8 Å². The van der Waals surface area contributed by atoms with Gasteiger partial charge in [0.15, 0.2) is 6.29 Å². The molecule has 0 spiro atoms. The van der Waals surface area contributed by atoms with Crippen LogP contribution >= 0.6 is 0 Å². The lowest BCUT2D eigenvalue weighted by Gasteiger charge is -1.98. The highest BCUT2D eigenvalue weighted by atomic mass is 32.2. The SMILES string of the molecule is CS(=O)(=O)O.O=Cc1cccc2ccccc12. The van der Waals surface area contributed by atoms with E-state index in [1.54, 1.807) is 0 Å². The van der Waals surface area contributed by atoms with E-state index in [2.05, 4.69) is 0 Å². The molecule has 90 valence electrons. The lowest BCUT2D eigenvalue weighted by Crippen LogP contribution is -1.88. The number of aldehydes is 1. The summed E-state index contributed by atoms with van der Waals surface area (Å²) in [5.41, 5.74) is 0.758. The maximum Gasteiger partial charge on any atom is 0.261 e. The van der Waals surface area contributed by atoms with Crippen LogP contribution in [0.3, 0.4) is 0 Å². The van der Waals surface area contributed by atoms with Gasteiger partial charge < -0.3 is 0 Å². The fourth-order valence-electron chi connectivity index (χ4n) is 1.35. The molecule has 0 heterocycles. The summed E-state index contributed by atoms with van der Waals surface area (Å²) < 4.78 is 25.9. The van der Waals surface area contributed by atoms with Crippen molar-refractivity contribution in [2.24, 2.45) is 0 Å². The van der Waals surface area contributed by atoms with E-state index in [-0.39, 0.29) is 0 Å². The number of carbonyl (C=O) groups excluding carboxylic acids is 1. The van der Waals surface area contributed by atoms with Crippen molar-refractivity contribution in [2.75, 3.05) is 6.26 Å². The van der Waals surface area contributed by atoms with Gasteiger partial charge in [-0.1, -0.05) is 42.5 Å². The molecule has 17 heavy (non-hydrogen) atoms. The van der Waals surface area contributed by atoms with Gasteiger partial charge in [0.1, 0.15) is 0 Å². The topological polar surface area (TPSA) is 71.4 Å². The second-order valence-electron chi connectivity index (χ2n) is 3.42. The van der Waals surface area contributed by atoms with Gasteiger partial charge in [0.25, 0.3) is 10.1 Å². The Morgan fingerprint density at radius 1 is 1.06 bits per heavy atom. The molecule has 4 nitrogen and oxygen atoms in total. The maximum absolute atomic E-state index is 10.6. The number of fused-ring (bicyclic) bond motifs is 1. The molecule has 0 aromatic heterocycles. The zero-order chi connectivity index (χ0) is 12.9. The smallest absolute Gasteiger partial charge is 0.261 e. The van der Waals surface area contributed by atoms with Gasteiger partial charge in [0, 0.05) is 5.56 Å². The minimum Gasteiger partial charge on any atom is -0.298 e. The van der Waals surface area contributed by atoms with Gasteiger partial charge in [-0.15, -0.1) is 0 Å². The second kappa shape index (κ2) is 5.56. The molecular formula is C12H12O4S. The van der Waals surface area contributed by atoms with Crippen molar-refractivity contribution in [2.45, 2.75) is 0 Å². The summed E-state index contributed by atoms with van der Waals surface area (Å²) >= 11 is 0. The lowest BCUT2D eigenvalue weighted by molar-refractivity contribution is 0.112. The van der Waals surface area contributed by atoms with Gasteiger partial charge in [-0.3, -0.25) is 9.35 Å². The van der Waals surface area contributed by atoms with E-state index >= 15 is 0 Å². The van der Waals surface area contributed by atoms with Crippen LogP contribution in [0.4, 0.5) is 0 Å². The minimum atomic E-state index is -3.67. The van der Waals surface area contributed by atoms with Crippen molar-refractivity contribution in [3.63, 3.8) is 0 Å². The van der Waals surface area contributed by atoms with Crippen LogP contribution in [0.15, 0.2) is 42.5 Å². The summed E-state index contributed by atoms with van der Waals surface area (Å²) in [5, 5.41) is 2.14. The number of hydrogen-bond acceptors (Lipinski definition) is 3. The highest BCUT2D eigenvalue weighted by molar-refractivity contribution is 7.85. The molecule has 0 fully saturated rings. The third-order valence-corrected chi connectivity index (χ3v) is 1.95. The molecular weight excluding hydrogens is 240 g/mol. The number of hydrogen-bond donors (Lipinski definition) is 1. The first-order valence-corrected chi connectivity index (χ1v) is 6.62. The summed E-state index contributed by atoms with van der Waals surface area (Å²) in [5.74, 6) is 0. The molecule has 0 aliphatic rings. The van der Waals surface area contributed by atoms with E-state index in [1.165, 1.54) is 0 Å². The minimum absolute atomic E-state index is 0.715. The monoisotopic (exact) mass is 252 g/mol. The first-order chi connectivity index (χ1) is 7.92. The molecule has 2 aromatic rings. The van der Waals surface area contributed by atoms with Crippen LogP contribution in [0.5, 0.6) is 0 Å². The second-order valence-corrected chi connectivity index (χ2v) is 4.89. The molecule has 1 N–H and O–H groups in total. The van der Waals surface area contributed by atoms with Crippen LogP contribution in [0.2, 0.25) is 0 Å². The fraction of sp³-hybridized carbons (Fsp3) is 0.0833. The molecule has 0 bridgehead atoms. The van der Waals surface area contributed by atoms with E-state index < -0.39 is 10.1 Å². The molecule has 0 unspecified atom stereocenters. The van der Waals surface area contributed by atoms with Gasteiger partial charge in [-0.25, -0.2) is 0 Å². The molecule has 0 saturated carbocycles. The normalized spacial score (nSPS) is 10.5. The molecule has 0 amide bonds. The molecule has 0 aliphatic heterocycles. The van der Waals surface area contributed by atoms with Gasteiger partial charge in [0.05, 0.1) is 6.26 Å². The summed E-state index contributed by atoms with van der Waals surface area (Å²) in [6.45, 7) is 0. The van der Waals surface area contributed by atoms with Crippen LogP contribution in [0.25, 0.3) is 10.8 Å². The van der Waals surface area contributed by atoms with Gasteiger partial charge in [0.2, 0.25) is 0 Å².